The number of piperidine rings is 1. The number of hydrogen-bond acceptors (Lipinski definition) is 3. The number of hydrogen-bond donors (Lipinski definition) is 0. The predicted molar refractivity (Wildman–Crippen MR) is 87.0 cm³/mol. The number of ether oxygens (including phenoxy) is 1. The van der Waals surface area contributed by atoms with Gasteiger partial charge in [0.15, 0.2) is 0 Å². The summed E-state index contributed by atoms with van der Waals surface area (Å²) < 4.78 is 18.8. The lowest BCUT2D eigenvalue weighted by molar-refractivity contribution is -0.144. The minimum absolute atomic E-state index is 0.0190. The van der Waals surface area contributed by atoms with Crippen molar-refractivity contribution in [2.75, 3.05) is 19.6 Å². The first kappa shape index (κ1) is 16.7. The average molecular weight is 334 g/mol. The third kappa shape index (κ3) is 3.68. The summed E-state index contributed by atoms with van der Waals surface area (Å²) in [7, 11) is 0. The molecule has 0 N–H and O–H groups in total. The van der Waals surface area contributed by atoms with Crippen LogP contribution < -0.4 is 4.74 Å². The van der Waals surface area contributed by atoms with Gasteiger partial charge in [-0.15, -0.1) is 0 Å². The molecule has 0 aromatic heterocycles. The molecule has 2 aliphatic rings. The normalized spacial score (nSPS) is 20.3. The molecule has 2 amide bonds. The highest BCUT2D eigenvalue weighted by Crippen LogP contribution is 2.21. The van der Waals surface area contributed by atoms with E-state index in [1.807, 2.05) is 11.8 Å². The summed E-state index contributed by atoms with van der Waals surface area (Å²) in [5.74, 6) is 0.460. The molecule has 6 heteroatoms. The summed E-state index contributed by atoms with van der Waals surface area (Å²) >= 11 is 0. The monoisotopic (exact) mass is 334 g/mol. The summed E-state index contributed by atoms with van der Waals surface area (Å²) in [6, 6.07) is 5.61. The second-order valence-corrected chi connectivity index (χ2v) is 6.46. The van der Waals surface area contributed by atoms with Gasteiger partial charge in [0.2, 0.25) is 11.8 Å². The standard InChI is InChI=1S/C18H23FN2O3/c1-13(21-10-2-3-17(21)22)18(23)20-11-8-16(9-12-20)24-15-6-4-14(19)5-7-15/h4-7,13,16H,2-3,8-12H2,1H3/t13-/m1/s1. The van der Waals surface area contributed by atoms with Gasteiger partial charge in [-0.3, -0.25) is 9.59 Å². The van der Waals surface area contributed by atoms with Crippen LogP contribution in [0.4, 0.5) is 4.39 Å². The van der Waals surface area contributed by atoms with Crippen LogP contribution in [0.2, 0.25) is 0 Å². The molecule has 24 heavy (non-hydrogen) atoms. The quantitative estimate of drug-likeness (QED) is 0.848. The van der Waals surface area contributed by atoms with Crippen LogP contribution in [0, 0.1) is 5.82 Å². The molecule has 0 saturated carbocycles. The number of likely N-dealkylation sites (tertiary alicyclic amines) is 2. The van der Waals surface area contributed by atoms with Crippen molar-refractivity contribution in [2.24, 2.45) is 0 Å². The Labute approximate surface area is 141 Å². The zero-order valence-corrected chi connectivity index (χ0v) is 13.9. The van der Waals surface area contributed by atoms with Crippen molar-refractivity contribution in [2.45, 2.75) is 44.8 Å². The van der Waals surface area contributed by atoms with E-state index in [0.29, 0.717) is 31.8 Å². The number of rotatable bonds is 4. The van der Waals surface area contributed by atoms with Crippen LogP contribution >= 0.6 is 0 Å². The van der Waals surface area contributed by atoms with Crippen LogP contribution in [-0.2, 0) is 9.59 Å². The lowest BCUT2D eigenvalue weighted by Crippen LogP contribution is -2.50. The van der Waals surface area contributed by atoms with Gasteiger partial charge in [0.25, 0.3) is 0 Å². The molecule has 0 unspecified atom stereocenters. The first-order valence-corrected chi connectivity index (χ1v) is 8.55. The van der Waals surface area contributed by atoms with E-state index in [9.17, 15) is 14.0 Å². The van der Waals surface area contributed by atoms with Crippen molar-refractivity contribution in [3.8, 4) is 5.75 Å². The van der Waals surface area contributed by atoms with Crippen LogP contribution in [0.25, 0.3) is 0 Å². The number of nitrogens with zero attached hydrogens (tertiary/aromatic N) is 2. The van der Waals surface area contributed by atoms with Gasteiger partial charge in [-0.05, 0) is 37.6 Å². The molecule has 2 fully saturated rings. The van der Waals surface area contributed by atoms with E-state index in [1.54, 1.807) is 17.0 Å². The van der Waals surface area contributed by atoms with Gasteiger partial charge >= 0.3 is 0 Å². The highest BCUT2D eigenvalue weighted by molar-refractivity contribution is 5.88. The third-order valence-corrected chi connectivity index (χ3v) is 4.80. The molecule has 0 bridgehead atoms. The molecular weight excluding hydrogens is 311 g/mol. The first-order valence-electron chi connectivity index (χ1n) is 8.55. The van der Waals surface area contributed by atoms with Gasteiger partial charge in [0.05, 0.1) is 0 Å². The molecule has 1 aromatic rings. The Morgan fingerprint density at radius 3 is 2.46 bits per heavy atom. The lowest BCUT2D eigenvalue weighted by Gasteiger charge is -2.35. The fourth-order valence-electron chi connectivity index (χ4n) is 3.38. The van der Waals surface area contributed by atoms with E-state index < -0.39 is 0 Å². The SMILES string of the molecule is C[C@H](C(=O)N1CCC(Oc2ccc(F)cc2)CC1)N1CCCC1=O. The van der Waals surface area contributed by atoms with Gasteiger partial charge in [0.1, 0.15) is 23.7 Å². The summed E-state index contributed by atoms with van der Waals surface area (Å²) in [6.07, 6.45) is 2.89. The lowest BCUT2D eigenvalue weighted by atomic mass is 10.1. The Bertz CT molecular complexity index is 597. The molecule has 2 aliphatic heterocycles. The number of amides is 2. The second kappa shape index (κ2) is 7.20. The van der Waals surface area contributed by atoms with E-state index >= 15 is 0 Å². The fraction of sp³-hybridized carbons (Fsp3) is 0.556. The first-order chi connectivity index (χ1) is 11.5. The minimum Gasteiger partial charge on any atom is -0.490 e. The van der Waals surface area contributed by atoms with Gasteiger partial charge in [-0.25, -0.2) is 4.39 Å². The molecule has 130 valence electrons. The molecule has 3 rings (SSSR count). The Morgan fingerprint density at radius 2 is 1.88 bits per heavy atom. The number of halogens is 1. The number of benzene rings is 1. The van der Waals surface area contributed by atoms with Crippen molar-refractivity contribution < 1.29 is 18.7 Å². The molecule has 0 spiro atoms. The Kier molecular flexibility index (Phi) is 5.02. The maximum atomic E-state index is 12.9. The molecule has 1 aromatic carbocycles. The number of carbonyl (C=O) groups is 2. The van der Waals surface area contributed by atoms with Crippen LogP contribution in [-0.4, -0.2) is 53.4 Å². The maximum Gasteiger partial charge on any atom is 0.245 e. The van der Waals surface area contributed by atoms with Crippen molar-refractivity contribution in [1.82, 2.24) is 9.80 Å². The summed E-state index contributed by atoms with van der Waals surface area (Å²) in [6.45, 7) is 3.73. The largest absolute Gasteiger partial charge is 0.490 e. The topological polar surface area (TPSA) is 49.9 Å². The Balaban J connectivity index is 1.50. The van der Waals surface area contributed by atoms with Crippen LogP contribution in [0.3, 0.4) is 0 Å². The van der Waals surface area contributed by atoms with Crippen LogP contribution in [0.5, 0.6) is 5.75 Å². The van der Waals surface area contributed by atoms with Gasteiger partial charge < -0.3 is 14.5 Å². The molecule has 5 nitrogen and oxygen atoms in total. The van der Waals surface area contributed by atoms with Crippen molar-refractivity contribution in [1.29, 1.82) is 0 Å². The van der Waals surface area contributed by atoms with E-state index in [-0.39, 0.29) is 29.8 Å². The molecule has 2 heterocycles. The highest BCUT2D eigenvalue weighted by Gasteiger charge is 2.33. The van der Waals surface area contributed by atoms with E-state index in [1.165, 1.54) is 12.1 Å². The van der Waals surface area contributed by atoms with Crippen LogP contribution in [0.15, 0.2) is 24.3 Å². The molecule has 0 aliphatic carbocycles. The zero-order chi connectivity index (χ0) is 17.1. The van der Waals surface area contributed by atoms with Gasteiger partial charge in [-0.1, -0.05) is 0 Å². The zero-order valence-electron chi connectivity index (χ0n) is 13.9. The van der Waals surface area contributed by atoms with Gasteiger partial charge in [0, 0.05) is 38.9 Å². The van der Waals surface area contributed by atoms with E-state index in [2.05, 4.69) is 0 Å². The van der Waals surface area contributed by atoms with Crippen molar-refractivity contribution >= 4 is 11.8 Å². The Hall–Kier alpha value is -2.11. The smallest absolute Gasteiger partial charge is 0.245 e. The van der Waals surface area contributed by atoms with E-state index in [0.717, 1.165) is 19.3 Å². The van der Waals surface area contributed by atoms with Crippen molar-refractivity contribution in [3.63, 3.8) is 0 Å². The van der Waals surface area contributed by atoms with Gasteiger partial charge in [-0.2, -0.15) is 0 Å². The molecular formula is C18H23FN2O3. The summed E-state index contributed by atoms with van der Waals surface area (Å²) in [5, 5.41) is 0. The van der Waals surface area contributed by atoms with Crippen molar-refractivity contribution in [3.05, 3.63) is 30.1 Å². The summed E-state index contributed by atoms with van der Waals surface area (Å²) in [4.78, 5) is 27.9. The summed E-state index contributed by atoms with van der Waals surface area (Å²) in [5.41, 5.74) is 0. The molecule has 0 radical (unpaired) electrons. The van der Waals surface area contributed by atoms with Crippen LogP contribution in [0.1, 0.15) is 32.6 Å². The second-order valence-electron chi connectivity index (χ2n) is 6.46. The molecule has 1 atom stereocenters. The molecule has 2 saturated heterocycles. The predicted octanol–water partition coefficient (Wildman–Crippen LogP) is 2.21. The number of carbonyl (C=O) groups excluding carboxylic acids is 2. The highest BCUT2D eigenvalue weighted by atomic mass is 19.1. The third-order valence-electron chi connectivity index (χ3n) is 4.80. The fourth-order valence-corrected chi connectivity index (χ4v) is 3.38. The minimum atomic E-state index is -0.380. The Morgan fingerprint density at radius 1 is 1.21 bits per heavy atom. The average Bonchev–Trinajstić information content (AvgIpc) is 3.02. The maximum absolute atomic E-state index is 12.9. The van der Waals surface area contributed by atoms with E-state index in [4.69, 9.17) is 4.74 Å².